The summed E-state index contributed by atoms with van der Waals surface area (Å²) in [5.41, 5.74) is 3.17. The zero-order chi connectivity index (χ0) is 15.6. The van der Waals surface area contributed by atoms with Crippen LogP contribution in [0.2, 0.25) is 0 Å². The Morgan fingerprint density at radius 3 is 2.57 bits per heavy atom. The molecule has 0 aliphatic carbocycles. The maximum absolute atomic E-state index is 13.5. The summed E-state index contributed by atoms with van der Waals surface area (Å²) >= 11 is 0. The highest BCUT2D eigenvalue weighted by Crippen LogP contribution is 2.27. The molecule has 1 aromatic heterocycles. The number of hydrogen-bond acceptors (Lipinski definition) is 2. The van der Waals surface area contributed by atoms with Crippen molar-refractivity contribution in [3.63, 3.8) is 0 Å². The molecule has 0 radical (unpaired) electrons. The van der Waals surface area contributed by atoms with Crippen LogP contribution in [-0.4, -0.2) is 15.8 Å². The van der Waals surface area contributed by atoms with Crippen molar-refractivity contribution in [3.8, 4) is 5.69 Å². The molecule has 0 aliphatic heterocycles. The lowest BCUT2D eigenvalue weighted by Crippen LogP contribution is -2.22. The average molecular weight is 293 g/mol. The van der Waals surface area contributed by atoms with E-state index in [1.165, 1.54) is 10.9 Å². The Labute approximate surface area is 124 Å². The summed E-state index contributed by atoms with van der Waals surface area (Å²) in [4.78, 5) is 0. The van der Waals surface area contributed by atoms with Crippen LogP contribution in [0.5, 0.6) is 0 Å². The average Bonchev–Trinajstić information content (AvgIpc) is 2.83. The summed E-state index contributed by atoms with van der Waals surface area (Å²) in [6.45, 7) is 8.20. The summed E-state index contributed by atoms with van der Waals surface area (Å²) < 4.78 is 28.3. The van der Waals surface area contributed by atoms with Crippen molar-refractivity contribution in [2.24, 2.45) is 0 Å². The van der Waals surface area contributed by atoms with Gasteiger partial charge in [-0.15, -0.1) is 0 Å². The highest BCUT2D eigenvalue weighted by atomic mass is 19.3. The van der Waals surface area contributed by atoms with Crippen molar-refractivity contribution < 1.29 is 8.78 Å². The van der Waals surface area contributed by atoms with Crippen LogP contribution in [0.15, 0.2) is 24.4 Å². The van der Waals surface area contributed by atoms with Crippen LogP contribution >= 0.6 is 0 Å². The van der Waals surface area contributed by atoms with Gasteiger partial charge in [-0.25, -0.2) is 13.5 Å². The van der Waals surface area contributed by atoms with E-state index >= 15 is 0 Å². The highest BCUT2D eigenvalue weighted by Gasteiger charge is 2.21. The van der Waals surface area contributed by atoms with Crippen LogP contribution < -0.4 is 5.32 Å². The van der Waals surface area contributed by atoms with Gasteiger partial charge in [0.1, 0.15) is 5.69 Å². The maximum Gasteiger partial charge on any atom is 0.280 e. The maximum atomic E-state index is 13.5. The minimum atomic E-state index is -2.56. The number of alkyl halides is 2. The summed E-state index contributed by atoms with van der Waals surface area (Å²) in [7, 11) is 0. The largest absolute Gasteiger partial charge is 0.310 e. The lowest BCUT2D eigenvalue weighted by molar-refractivity contribution is 0.141. The molecular formula is C16H21F2N3. The van der Waals surface area contributed by atoms with Crippen molar-refractivity contribution >= 4 is 0 Å². The van der Waals surface area contributed by atoms with Gasteiger partial charge in [0, 0.05) is 18.2 Å². The van der Waals surface area contributed by atoms with Gasteiger partial charge in [0.25, 0.3) is 6.43 Å². The molecule has 0 saturated heterocycles. The number of halogens is 2. The molecule has 0 saturated carbocycles. The summed E-state index contributed by atoms with van der Waals surface area (Å²) in [5.74, 6) is 0. The van der Waals surface area contributed by atoms with E-state index in [0.29, 0.717) is 17.8 Å². The topological polar surface area (TPSA) is 29.9 Å². The van der Waals surface area contributed by atoms with E-state index in [0.717, 1.165) is 11.1 Å². The van der Waals surface area contributed by atoms with Crippen LogP contribution in [-0.2, 0) is 6.54 Å². The van der Waals surface area contributed by atoms with E-state index in [9.17, 15) is 8.78 Å². The van der Waals surface area contributed by atoms with E-state index < -0.39 is 6.43 Å². The lowest BCUT2D eigenvalue weighted by Gasteiger charge is -2.13. The Hall–Kier alpha value is -1.75. The van der Waals surface area contributed by atoms with Gasteiger partial charge in [0.15, 0.2) is 0 Å². The molecule has 1 aromatic carbocycles. The standard InChI is InChI=1S/C16H21F2N3/c1-10(2)19-8-13-9-20-21(15(13)16(17)18)14-7-11(3)5-6-12(14)4/h5-7,9-10,16,19H,8H2,1-4H3. The first-order chi connectivity index (χ1) is 9.90. The molecule has 1 heterocycles. The van der Waals surface area contributed by atoms with E-state index in [2.05, 4.69) is 10.4 Å². The highest BCUT2D eigenvalue weighted by molar-refractivity contribution is 5.44. The number of benzene rings is 1. The van der Waals surface area contributed by atoms with E-state index in [4.69, 9.17) is 0 Å². The SMILES string of the molecule is Cc1ccc(C)c(-n2ncc(CNC(C)C)c2C(F)F)c1. The third-order valence-electron chi connectivity index (χ3n) is 3.39. The molecular weight excluding hydrogens is 272 g/mol. The second kappa shape index (κ2) is 6.35. The Bertz CT molecular complexity index is 618. The van der Waals surface area contributed by atoms with Gasteiger partial charge in [-0.1, -0.05) is 26.0 Å². The monoisotopic (exact) mass is 293 g/mol. The quantitative estimate of drug-likeness (QED) is 0.905. The third kappa shape index (κ3) is 3.47. The van der Waals surface area contributed by atoms with E-state index in [1.54, 1.807) is 0 Å². The van der Waals surface area contributed by atoms with Crippen molar-refractivity contribution in [1.82, 2.24) is 15.1 Å². The predicted molar refractivity (Wildman–Crippen MR) is 80.0 cm³/mol. The molecule has 5 heteroatoms. The Morgan fingerprint density at radius 2 is 1.95 bits per heavy atom. The molecule has 2 aromatic rings. The predicted octanol–water partition coefficient (Wildman–Crippen LogP) is 3.92. The van der Waals surface area contributed by atoms with Gasteiger partial charge in [-0.2, -0.15) is 5.10 Å². The number of hydrogen-bond donors (Lipinski definition) is 1. The summed E-state index contributed by atoms with van der Waals surface area (Å²) in [6.07, 6.45) is -1.03. The van der Waals surface area contributed by atoms with Gasteiger partial charge in [-0.3, -0.25) is 0 Å². The summed E-state index contributed by atoms with van der Waals surface area (Å²) in [5, 5.41) is 7.35. The fourth-order valence-corrected chi connectivity index (χ4v) is 2.21. The van der Waals surface area contributed by atoms with Gasteiger partial charge in [-0.05, 0) is 31.0 Å². The van der Waals surface area contributed by atoms with Gasteiger partial charge in [0.05, 0.1) is 11.9 Å². The minimum Gasteiger partial charge on any atom is -0.310 e. The normalized spacial score (nSPS) is 11.6. The molecule has 2 rings (SSSR count). The molecule has 0 amide bonds. The smallest absolute Gasteiger partial charge is 0.280 e. The number of rotatable bonds is 5. The Balaban J connectivity index is 2.46. The Morgan fingerprint density at radius 1 is 1.24 bits per heavy atom. The molecule has 0 bridgehead atoms. The van der Waals surface area contributed by atoms with Crippen molar-refractivity contribution in [2.75, 3.05) is 0 Å². The van der Waals surface area contributed by atoms with Crippen LogP contribution in [0.25, 0.3) is 5.69 Å². The number of nitrogens with zero attached hydrogens (tertiary/aromatic N) is 2. The molecule has 21 heavy (non-hydrogen) atoms. The van der Waals surface area contributed by atoms with Crippen LogP contribution in [0.3, 0.4) is 0 Å². The fourth-order valence-electron chi connectivity index (χ4n) is 2.21. The minimum absolute atomic E-state index is 0.0307. The molecule has 0 aliphatic rings. The van der Waals surface area contributed by atoms with Gasteiger partial charge >= 0.3 is 0 Å². The second-order valence-corrected chi connectivity index (χ2v) is 5.59. The van der Waals surface area contributed by atoms with Crippen molar-refractivity contribution in [1.29, 1.82) is 0 Å². The van der Waals surface area contributed by atoms with Crippen molar-refractivity contribution in [2.45, 2.75) is 46.7 Å². The van der Waals surface area contributed by atoms with Crippen LogP contribution in [0, 0.1) is 13.8 Å². The zero-order valence-electron chi connectivity index (χ0n) is 12.8. The second-order valence-electron chi connectivity index (χ2n) is 5.59. The lowest BCUT2D eigenvalue weighted by atomic mass is 10.1. The fraction of sp³-hybridized carbons (Fsp3) is 0.438. The third-order valence-corrected chi connectivity index (χ3v) is 3.39. The van der Waals surface area contributed by atoms with Gasteiger partial charge < -0.3 is 5.32 Å². The molecule has 0 fully saturated rings. The first-order valence-corrected chi connectivity index (χ1v) is 7.06. The molecule has 3 nitrogen and oxygen atoms in total. The van der Waals surface area contributed by atoms with Crippen LogP contribution in [0.1, 0.15) is 42.7 Å². The van der Waals surface area contributed by atoms with Gasteiger partial charge in [0.2, 0.25) is 0 Å². The van der Waals surface area contributed by atoms with E-state index in [1.807, 2.05) is 45.9 Å². The first kappa shape index (κ1) is 15.6. The number of aryl methyl sites for hydroxylation is 2. The summed E-state index contributed by atoms with van der Waals surface area (Å²) in [6, 6.07) is 6.01. The zero-order valence-corrected chi connectivity index (χ0v) is 12.8. The number of nitrogens with one attached hydrogen (secondary N) is 1. The van der Waals surface area contributed by atoms with Crippen molar-refractivity contribution in [3.05, 3.63) is 46.8 Å². The molecule has 0 atom stereocenters. The molecule has 0 spiro atoms. The molecule has 0 unspecified atom stereocenters. The Kier molecular flexibility index (Phi) is 4.73. The molecule has 1 N–H and O–H groups in total. The number of aromatic nitrogens is 2. The first-order valence-electron chi connectivity index (χ1n) is 7.06. The van der Waals surface area contributed by atoms with Crippen LogP contribution in [0.4, 0.5) is 8.78 Å². The van der Waals surface area contributed by atoms with E-state index in [-0.39, 0.29) is 11.7 Å². The molecule has 114 valence electrons.